The zero-order valence-corrected chi connectivity index (χ0v) is 7.94. The number of nitrogens with zero attached hydrogens (tertiary/aromatic N) is 1. The molecule has 72 valence electrons. The molecule has 1 atom stereocenters. The third-order valence-corrected chi connectivity index (χ3v) is 1.94. The summed E-state index contributed by atoms with van der Waals surface area (Å²) >= 11 is 0. The lowest BCUT2D eigenvalue weighted by Crippen LogP contribution is -2.37. The maximum atomic E-state index is 9.55. The van der Waals surface area contributed by atoms with Crippen LogP contribution in [0.5, 0.6) is 0 Å². The van der Waals surface area contributed by atoms with Crippen LogP contribution in [0, 0.1) is 0 Å². The van der Waals surface area contributed by atoms with Gasteiger partial charge in [-0.25, -0.2) is 0 Å². The molecule has 2 N–H and O–H groups in total. The Morgan fingerprint density at radius 1 is 1.46 bits per heavy atom. The molecule has 0 radical (unpaired) electrons. The molecule has 1 aromatic rings. The van der Waals surface area contributed by atoms with E-state index in [0.717, 1.165) is 5.69 Å². The van der Waals surface area contributed by atoms with Crippen molar-refractivity contribution in [2.75, 3.05) is 0 Å². The van der Waals surface area contributed by atoms with E-state index in [1.807, 2.05) is 18.2 Å². The number of aliphatic hydroxyl groups excluding tert-OH is 1. The van der Waals surface area contributed by atoms with Crippen molar-refractivity contribution in [3.8, 4) is 0 Å². The molecule has 0 aliphatic rings. The lowest BCUT2D eigenvalue weighted by atomic mass is 9.97. The van der Waals surface area contributed by atoms with Crippen molar-refractivity contribution in [1.29, 1.82) is 0 Å². The molecule has 0 saturated carbocycles. The van der Waals surface area contributed by atoms with Crippen LogP contribution in [-0.4, -0.2) is 26.9 Å². The molecule has 0 aromatic carbocycles. The van der Waals surface area contributed by atoms with Gasteiger partial charge in [0.1, 0.15) is 0 Å². The van der Waals surface area contributed by atoms with E-state index in [0.29, 0.717) is 6.42 Å². The normalized spacial score (nSPS) is 14.2. The molecule has 0 fully saturated rings. The van der Waals surface area contributed by atoms with E-state index >= 15 is 0 Å². The van der Waals surface area contributed by atoms with Crippen LogP contribution < -0.4 is 0 Å². The molecule has 0 spiro atoms. The van der Waals surface area contributed by atoms with Gasteiger partial charge in [0, 0.05) is 18.3 Å². The van der Waals surface area contributed by atoms with Crippen LogP contribution >= 0.6 is 0 Å². The second-order valence-electron chi connectivity index (χ2n) is 3.69. The van der Waals surface area contributed by atoms with E-state index in [-0.39, 0.29) is 0 Å². The van der Waals surface area contributed by atoms with Crippen molar-refractivity contribution in [3.05, 3.63) is 30.1 Å². The van der Waals surface area contributed by atoms with Crippen molar-refractivity contribution < 1.29 is 10.2 Å². The predicted octanol–water partition coefficient (Wildman–Crippen LogP) is 0.756. The number of aliphatic hydroxyl groups is 2. The van der Waals surface area contributed by atoms with E-state index in [4.69, 9.17) is 0 Å². The van der Waals surface area contributed by atoms with Crippen LogP contribution in [-0.2, 0) is 6.42 Å². The molecule has 0 bridgehead atoms. The highest BCUT2D eigenvalue weighted by molar-refractivity contribution is 5.05. The van der Waals surface area contributed by atoms with Crippen LogP contribution in [0.4, 0.5) is 0 Å². The lowest BCUT2D eigenvalue weighted by molar-refractivity contribution is -0.0473. The minimum Gasteiger partial charge on any atom is -0.390 e. The van der Waals surface area contributed by atoms with Crippen LogP contribution in [0.2, 0.25) is 0 Å². The highest BCUT2D eigenvalue weighted by Gasteiger charge is 2.24. The van der Waals surface area contributed by atoms with Gasteiger partial charge in [0.2, 0.25) is 0 Å². The second kappa shape index (κ2) is 3.85. The van der Waals surface area contributed by atoms with Gasteiger partial charge in [-0.15, -0.1) is 0 Å². The molecule has 3 heteroatoms. The Balaban J connectivity index is 2.61. The maximum Gasteiger partial charge on any atom is 0.0876 e. The smallest absolute Gasteiger partial charge is 0.0876 e. The molecule has 0 saturated heterocycles. The Kier molecular flexibility index (Phi) is 3.01. The highest BCUT2D eigenvalue weighted by atomic mass is 16.3. The number of rotatable bonds is 3. The van der Waals surface area contributed by atoms with E-state index in [9.17, 15) is 10.2 Å². The fourth-order valence-corrected chi connectivity index (χ4v) is 0.967. The third-order valence-electron chi connectivity index (χ3n) is 1.94. The zero-order chi connectivity index (χ0) is 9.90. The van der Waals surface area contributed by atoms with Gasteiger partial charge >= 0.3 is 0 Å². The van der Waals surface area contributed by atoms with E-state index in [1.165, 1.54) is 0 Å². The maximum absolute atomic E-state index is 9.55. The van der Waals surface area contributed by atoms with E-state index in [1.54, 1.807) is 20.0 Å². The molecule has 13 heavy (non-hydrogen) atoms. The van der Waals surface area contributed by atoms with Gasteiger partial charge < -0.3 is 10.2 Å². The summed E-state index contributed by atoms with van der Waals surface area (Å²) in [6.45, 7) is 3.17. The molecule has 3 nitrogen and oxygen atoms in total. The molecule has 0 amide bonds. The highest BCUT2D eigenvalue weighted by Crippen LogP contribution is 2.12. The molecule has 0 aliphatic carbocycles. The van der Waals surface area contributed by atoms with Crippen molar-refractivity contribution in [2.45, 2.75) is 32.0 Å². The number of hydrogen-bond acceptors (Lipinski definition) is 3. The Labute approximate surface area is 78.1 Å². The van der Waals surface area contributed by atoms with Crippen molar-refractivity contribution in [3.63, 3.8) is 0 Å². The molecular weight excluding hydrogens is 166 g/mol. The second-order valence-corrected chi connectivity index (χ2v) is 3.69. The molecule has 0 aliphatic heterocycles. The summed E-state index contributed by atoms with van der Waals surface area (Å²) in [5, 5.41) is 19.0. The van der Waals surface area contributed by atoms with Crippen LogP contribution in [0.25, 0.3) is 0 Å². The van der Waals surface area contributed by atoms with Crippen molar-refractivity contribution in [2.24, 2.45) is 0 Å². The van der Waals surface area contributed by atoms with Gasteiger partial charge in [-0.2, -0.15) is 0 Å². The SMILES string of the molecule is CC(C)(O)C(O)Cc1ccccn1. The predicted molar refractivity (Wildman–Crippen MR) is 50.2 cm³/mol. The summed E-state index contributed by atoms with van der Waals surface area (Å²) in [7, 11) is 0. The van der Waals surface area contributed by atoms with E-state index in [2.05, 4.69) is 4.98 Å². The summed E-state index contributed by atoms with van der Waals surface area (Å²) in [5.74, 6) is 0. The van der Waals surface area contributed by atoms with Gasteiger partial charge in [-0.1, -0.05) is 6.07 Å². The molecule has 1 heterocycles. The largest absolute Gasteiger partial charge is 0.390 e. The Hall–Kier alpha value is -0.930. The quantitative estimate of drug-likeness (QED) is 0.723. The summed E-state index contributed by atoms with van der Waals surface area (Å²) < 4.78 is 0. The Bertz CT molecular complexity index is 253. The third kappa shape index (κ3) is 3.13. The topological polar surface area (TPSA) is 53.4 Å². The van der Waals surface area contributed by atoms with Crippen molar-refractivity contribution in [1.82, 2.24) is 4.98 Å². The van der Waals surface area contributed by atoms with Crippen LogP contribution in [0.1, 0.15) is 19.5 Å². The first-order chi connectivity index (χ1) is 6.00. The number of hydrogen-bond donors (Lipinski definition) is 2. The van der Waals surface area contributed by atoms with Crippen molar-refractivity contribution >= 4 is 0 Å². The Morgan fingerprint density at radius 2 is 2.15 bits per heavy atom. The van der Waals surface area contributed by atoms with Crippen LogP contribution in [0.15, 0.2) is 24.4 Å². The molecule has 1 rings (SSSR count). The zero-order valence-electron chi connectivity index (χ0n) is 7.94. The molecule has 1 aromatic heterocycles. The minimum atomic E-state index is -1.07. The molecular formula is C10H15NO2. The summed E-state index contributed by atoms with van der Waals surface area (Å²) in [5.41, 5.74) is -0.283. The summed E-state index contributed by atoms with van der Waals surface area (Å²) in [6, 6.07) is 5.51. The number of pyridine rings is 1. The first kappa shape index (κ1) is 10.2. The first-order valence-electron chi connectivity index (χ1n) is 4.30. The van der Waals surface area contributed by atoms with Gasteiger partial charge in [-0.3, -0.25) is 4.98 Å². The average Bonchev–Trinajstić information content (AvgIpc) is 2.04. The first-order valence-corrected chi connectivity index (χ1v) is 4.30. The summed E-state index contributed by atoms with van der Waals surface area (Å²) in [6.07, 6.45) is 1.28. The monoisotopic (exact) mass is 181 g/mol. The average molecular weight is 181 g/mol. The summed E-state index contributed by atoms with van der Waals surface area (Å²) in [4.78, 5) is 4.06. The van der Waals surface area contributed by atoms with Gasteiger partial charge in [-0.05, 0) is 26.0 Å². The van der Waals surface area contributed by atoms with E-state index < -0.39 is 11.7 Å². The van der Waals surface area contributed by atoms with Crippen LogP contribution in [0.3, 0.4) is 0 Å². The van der Waals surface area contributed by atoms with Gasteiger partial charge in [0.25, 0.3) is 0 Å². The molecule has 1 unspecified atom stereocenters. The minimum absolute atomic E-state index is 0.379. The standard InChI is InChI=1S/C10H15NO2/c1-10(2,13)9(12)7-8-5-3-4-6-11-8/h3-6,9,12-13H,7H2,1-2H3. The van der Waals surface area contributed by atoms with Gasteiger partial charge in [0.15, 0.2) is 0 Å². The number of aromatic nitrogens is 1. The lowest BCUT2D eigenvalue weighted by Gasteiger charge is -2.23. The Morgan fingerprint density at radius 3 is 2.62 bits per heavy atom. The fraction of sp³-hybridized carbons (Fsp3) is 0.500. The van der Waals surface area contributed by atoms with Gasteiger partial charge in [0.05, 0.1) is 11.7 Å². The fourth-order valence-electron chi connectivity index (χ4n) is 0.967.